The third-order valence-corrected chi connectivity index (χ3v) is 7.43. The van der Waals surface area contributed by atoms with Crippen molar-refractivity contribution in [2.24, 2.45) is 0 Å². The molecule has 30 heavy (non-hydrogen) atoms. The van der Waals surface area contributed by atoms with Gasteiger partial charge in [-0.15, -0.1) is 22.7 Å². The Morgan fingerprint density at radius 1 is 1.03 bits per heavy atom. The van der Waals surface area contributed by atoms with Gasteiger partial charge in [-0.2, -0.15) is 0 Å². The van der Waals surface area contributed by atoms with Crippen molar-refractivity contribution in [3.05, 3.63) is 36.2 Å². The predicted octanol–water partition coefficient (Wildman–Crippen LogP) is 5.69. The highest BCUT2D eigenvalue weighted by Crippen LogP contribution is 2.41. The fraction of sp³-hybridized carbons (Fsp3) is 0.455. The molecule has 0 bridgehead atoms. The molecule has 5 heterocycles. The molecular weight excluding hydrogens is 412 g/mol. The molecule has 0 aliphatic carbocycles. The van der Waals surface area contributed by atoms with E-state index in [1.807, 2.05) is 48.9 Å². The highest BCUT2D eigenvalue weighted by Gasteiger charge is 2.20. The topological polar surface area (TPSA) is 81.4 Å². The van der Waals surface area contributed by atoms with Crippen LogP contribution in [0.4, 0.5) is 0 Å². The van der Waals surface area contributed by atoms with E-state index >= 15 is 0 Å². The minimum absolute atomic E-state index is 0.378. The Balaban J connectivity index is 0.00000106. The smallest absolute Gasteiger partial charge is 0.123 e. The second-order valence-electron chi connectivity index (χ2n) is 7.20. The van der Waals surface area contributed by atoms with Crippen LogP contribution in [0.5, 0.6) is 0 Å². The Hall–Kier alpha value is -2.00. The Labute approximate surface area is 185 Å². The second kappa shape index (κ2) is 9.87. The molecule has 0 saturated carbocycles. The number of imidazole rings is 2. The van der Waals surface area contributed by atoms with Crippen LogP contribution in [0.15, 0.2) is 24.5 Å². The van der Waals surface area contributed by atoms with Crippen LogP contribution < -0.4 is 10.6 Å². The van der Waals surface area contributed by atoms with Crippen LogP contribution in [0.25, 0.3) is 30.5 Å². The van der Waals surface area contributed by atoms with E-state index in [-0.39, 0.29) is 0 Å². The number of nitrogens with zero attached hydrogens (tertiary/aromatic N) is 2. The van der Waals surface area contributed by atoms with Gasteiger partial charge in [0.25, 0.3) is 0 Å². The lowest BCUT2D eigenvalue weighted by Gasteiger charge is -2.04. The van der Waals surface area contributed by atoms with Crippen LogP contribution in [0.1, 0.15) is 57.7 Å². The van der Waals surface area contributed by atoms with Crippen LogP contribution in [0.3, 0.4) is 0 Å². The first-order chi connectivity index (χ1) is 14.8. The highest BCUT2D eigenvalue weighted by atomic mass is 32.1. The molecule has 4 aromatic heterocycles. The third-order valence-electron chi connectivity index (χ3n) is 5.07. The normalized spacial score (nSPS) is 16.2. The molecule has 1 aliphatic rings. The second-order valence-corrected chi connectivity index (χ2v) is 9.37. The monoisotopic (exact) mass is 442 g/mol. The van der Waals surface area contributed by atoms with Crippen molar-refractivity contribution in [3.8, 4) is 21.1 Å². The van der Waals surface area contributed by atoms with Crippen LogP contribution in [-0.2, 0) is 6.54 Å². The summed E-state index contributed by atoms with van der Waals surface area (Å²) in [5, 5.41) is 6.88. The van der Waals surface area contributed by atoms with E-state index in [1.165, 1.54) is 25.6 Å². The van der Waals surface area contributed by atoms with Crippen molar-refractivity contribution in [2.45, 2.75) is 52.6 Å². The summed E-state index contributed by atoms with van der Waals surface area (Å²) >= 11 is 3.63. The van der Waals surface area contributed by atoms with Crippen molar-refractivity contribution < 1.29 is 0 Å². The van der Waals surface area contributed by atoms with Crippen molar-refractivity contribution in [1.82, 2.24) is 30.6 Å². The molecule has 4 N–H and O–H groups in total. The molecule has 5 rings (SSSR count). The summed E-state index contributed by atoms with van der Waals surface area (Å²) in [4.78, 5) is 18.5. The summed E-state index contributed by atoms with van der Waals surface area (Å²) in [6.07, 6.45) is 7.43. The number of fused-ring (bicyclic) bond motifs is 1. The average molecular weight is 443 g/mol. The summed E-state index contributed by atoms with van der Waals surface area (Å²) in [6.45, 7) is 9.06. The fourth-order valence-corrected chi connectivity index (χ4v) is 5.95. The number of aromatic amines is 2. The summed E-state index contributed by atoms with van der Waals surface area (Å²) in [5.74, 6) is 2.05. The van der Waals surface area contributed by atoms with Crippen molar-refractivity contribution >= 4 is 32.1 Å². The van der Waals surface area contributed by atoms with E-state index in [1.54, 1.807) is 0 Å². The first-order valence-corrected chi connectivity index (χ1v) is 12.5. The van der Waals surface area contributed by atoms with Crippen molar-refractivity contribution in [3.63, 3.8) is 0 Å². The maximum atomic E-state index is 4.60. The highest BCUT2D eigenvalue weighted by molar-refractivity contribution is 7.31. The molecule has 160 valence electrons. The first kappa shape index (κ1) is 21.2. The van der Waals surface area contributed by atoms with E-state index in [2.05, 4.69) is 49.6 Å². The zero-order chi connectivity index (χ0) is 20.9. The molecule has 1 fully saturated rings. The zero-order valence-electron chi connectivity index (χ0n) is 17.8. The van der Waals surface area contributed by atoms with E-state index in [0.717, 1.165) is 55.5 Å². The molecule has 8 heteroatoms. The summed E-state index contributed by atoms with van der Waals surface area (Å²) in [6, 6.07) is 4.91. The van der Waals surface area contributed by atoms with Crippen LogP contribution >= 0.6 is 22.7 Å². The molecule has 1 aliphatic heterocycles. The summed E-state index contributed by atoms with van der Waals surface area (Å²) in [5.41, 5.74) is 2.21. The molecule has 4 aromatic rings. The number of H-pyrrole nitrogens is 2. The number of aromatic nitrogens is 4. The largest absolute Gasteiger partial charge is 0.340 e. The summed E-state index contributed by atoms with van der Waals surface area (Å²) < 4.78 is 2.62. The number of thiophene rings is 2. The molecule has 0 spiro atoms. The van der Waals surface area contributed by atoms with Gasteiger partial charge >= 0.3 is 0 Å². The lowest BCUT2D eigenvalue weighted by molar-refractivity contribution is 0.613. The molecule has 1 atom stereocenters. The van der Waals surface area contributed by atoms with Crippen LogP contribution in [0, 0.1) is 0 Å². The van der Waals surface area contributed by atoms with E-state index in [0.29, 0.717) is 6.04 Å². The van der Waals surface area contributed by atoms with E-state index < -0.39 is 0 Å². The Morgan fingerprint density at radius 2 is 1.73 bits per heavy atom. The van der Waals surface area contributed by atoms with Gasteiger partial charge in [0.05, 0.1) is 46.1 Å². The Kier molecular flexibility index (Phi) is 6.99. The molecule has 0 radical (unpaired) electrons. The molecule has 0 amide bonds. The standard InChI is InChI=1S/C20H24N6S2.C2H6/c1-2-5-21-11-19-23-9-13(25-19)15-7-17-18(27-15)8-16(28-17)14-10-24-20(26-14)12-4-3-6-22-12;1-2/h7-10,12,21-22H,2-6,11H2,1H3,(H,23,25)(H,24,26);1-2H3. The predicted molar refractivity (Wildman–Crippen MR) is 128 cm³/mol. The lowest BCUT2D eigenvalue weighted by Crippen LogP contribution is -2.14. The maximum absolute atomic E-state index is 4.60. The van der Waals surface area contributed by atoms with Gasteiger partial charge in [-0.05, 0) is 44.5 Å². The zero-order valence-corrected chi connectivity index (χ0v) is 19.5. The molecular formula is C22H30N6S2. The quantitative estimate of drug-likeness (QED) is 0.277. The van der Waals surface area contributed by atoms with Crippen LogP contribution in [-0.4, -0.2) is 33.0 Å². The molecule has 1 saturated heterocycles. The number of nitrogens with one attached hydrogen (secondary N) is 4. The number of hydrogen-bond acceptors (Lipinski definition) is 6. The lowest BCUT2D eigenvalue weighted by atomic mass is 10.2. The third kappa shape index (κ3) is 4.51. The fourth-order valence-electron chi connectivity index (χ4n) is 3.62. The van der Waals surface area contributed by atoms with E-state index in [9.17, 15) is 0 Å². The van der Waals surface area contributed by atoms with Gasteiger partial charge in [-0.1, -0.05) is 20.8 Å². The van der Waals surface area contributed by atoms with Crippen molar-refractivity contribution in [1.29, 1.82) is 0 Å². The van der Waals surface area contributed by atoms with Crippen molar-refractivity contribution in [2.75, 3.05) is 13.1 Å². The van der Waals surface area contributed by atoms with Crippen LogP contribution in [0.2, 0.25) is 0 Å². The average Bonchev–Trinajstić information content (AvgIpc) is 3.57. The minimum atomic E-state index is 0.378. The Morgan fingerprint density at radius 3 is 2.40 bits per heavy atom. The van der Waals surface area contributed by atoms with Gasteiger partial charge in [0.15, 0.2) is 0 Å². The SMILES string of the molecule is CC.CCCNCc1ncc(-c2cc3sc(-c4cnc(C5CCCN5)[nH]4)cc3s2)[nH]1. The van der Waals surface area contributed by atoms with E-state index in [4.69, 9.17) is 0 Å². The van der Waals surface area contributed by atoms with Gasteiger partial charge in [0.2, 0.25) is 0 Å². The van der Waals surface area contributed by atoms with Gasteiger partial charge in [0.1, 0.15) is 11.6 Å². The summed E-state index contributed by atoms with van der Waals surface area (Å²) in [7, 11) is 0. The molecule has 6 nitrogen and oxygen atoms in total. The maximum Gasteiger partial charge on any atom is 0.123 e. The number of hydrogen-bond donors (Lipinski definition) is 4. The minimum Gasteiger partial charge on any atom is -0.340 e. The first-order valence-electron chi connectivity index (χ1n) is 10.9. The Bertz CT molecular complexity index is 1040. The molecule has 0 aromatic carbocycles. The number of rotatable bonds is 7. The molecule has 1 unspecified atom stereocenters. The van der Waals surface area contributed by atoms with Gasteiger partial charge in [-0.25, -0.2) is 9.97 Å². The van der Waals surface area contributed by atoms with Gasteiger partial charge in [0, 0.05) is 9.40 Å². The van der Waals surface area contributed by atoms with Gasteiger partial charge in [-0.3, -0.25) is 0 Å². The van der Waals surface area contributed by atoms with Gasteiger partial charge < -0.3 is 20.6 Å².